The van der Waals surface area contributed by atoms with Crippen LogP contribution < -0.4 is 0 Å². The van der Waals surface area contributed by atoms with Crippen LogP contribution in [0, 0.1) is 0 Å². The van der Waals surface area contributed by atoms with Gasteiger partial charge in [0.05, 0.1) is 19.0 Å². The maximum atomic E-state index is 6.00. The van der Waals surface area contributed by atoms with E-state index in [0.29, 0.717) is 0 Å². The Kier molecular flexibility index (Phi) is 7.20. The summed E-state index contributed by atoms with van der Waals surface area (Å²) in [5, 5.41) is 0.753. The largest absolute Gasteiger partial charge is 0.372 e. The third-order valence-corrected chi connectivity index (χ3v) is 3.66. The molecule has 22 heavy (non-hydrogen) atoms. The van der Waals surface area contributed by atoms with Crippen LogP contribution in [0.5, 0.6) is 0 Å². The van der Waals surface area contributed by atoms with E-state index < -0.39 is 0 Å². The zero-order chi connectivity index (χ0) is 15.6. The third kappa shape index (κ3) is 6.04. The minimum Gasteiger partial charge on any atom is -0.372 e. The van der Waals surface area contributed by atoms with Gasteiger partial charge >= 0.3 is 0 Å². The Hall–Kier alpha value is -1.58. The van der Waals surface area contributed by atoms with Crippen molar-refractivity contribution in [3.8, 4) is 0 Å². The van der Waals surface area contributed by atoms with Crippen LogP contribution in [0.3, 0.4) is 0 Å². The summed E-state index contributed by atoms with van der Waals surface area (Å²) >= 11 is 5.91. The first-order chi connectivity index (χ1) is 10.8. The second-order valence-corrected chi connectivity index (χ2v) is 5.72. The highest BCUT2D eigenvalue weighted by Crippen LogP contribution is 2.12. The van der Waals surface area contributed by atoms with Crippen molar-refractivity contribution < 1.29 is 4.74 Å². The predicted octanol–water partition coefficient (Wildman–Crippen LogP) is 4.83. The number of aromatic nitrogens is 2. The van der Waals surface area contributed by atoms with E-state index >= 15 is 0 Å². The number of ether oxygens (including phenoxy) is 1. The van der Waals surface area contributed by atoms with Crippen molar-refractivity contribution in [2.45, 2.75) is 38.8 Å². The number of halogens is 1. The van der Waals surface area contributed by atoms with Crippen LogP contribution >= 0.6 is 11.6 Å². The summed E-state index contributed by atoms with van der Waals surface area (Å²) < 4.78 is 8.04. The van der Waals surface area contributed by atoms with Crippen molar-refractivity contribution in [1.29, 1.82) is 0 Å². The van der Waals surface area contributed by atoms with E-state index in [1.54, 1.807) is 6.20 Å². The standard InChI is InChI=1S/C18H23ClN2O/c1-2-3-4-13-22-18(14-21-12-11-20-15-21)10-7-16-5-8-17(19)9-6-16/h5-12,15,18H,2-4,13-14H2,1H3. The maximum Gasteiger partial charge on any atom is 0.0946 e. The van der Waals surface area contributed by atoms with Crippen LogP contribution in [-0.4, -0.2) is 22.3 Å². The number of nitrogens with zero attached hydrogens (tertiary/aromatic N) is 2. The summed E-state index contributed by atoms with van der Waals surface area (Å²) in [6, 6.07) is 7.80. The van der Waals surface area contributed by atoms with Gasteiger partial charge in [0.15, 0.2) is 0 Å². The Bertz CT molecular complexity index is 549. The van der Waals surface area contributed by atoms with E-state index in [4.69, 9.17) is 16.3 Å². The first kappa shape index (κ1) is 16.8. The van der Waals surface area contributed by atoms with Crippen molar-refractivity contribution in [3.05, 3.63) is 59.6 Å². The number of unbranched alkanes of at least 4 members (excludes halogenated alkanes) is 2. The minimum absolute atomic E-state index is 0.0433. The molecule has 0 aliphatic carbocycles. The van der Waals surface area contributed by atoms with E-state index in [1.165, 1.54) is 12.8 Å². The molecule has 1 aromatic carbocycles. The molecular formula is C18H23ClN2O. The molecule has 0 aliphatic rings. The summed E-state index contributed by atoms with van der Waals surface area (Å²) in [6.45, 7) is 3.76. The van der Waals surface area contributed by atoms with Crippen molar-refractivity contribution >= 4 is 17.7 Å². The summed E-state index contributed by atoms with van der Waals surface area (Å²) in [7, 11) is 0. The fraction of sp³-hybridized carbons (Fsp3) is 0.389. The van der Waals surface area contributed by atoms with E-state index in [2.05, 4.69) is 24.1 Å². The van der Waals surface area contributed by atoms with Crippen LogP contribution in [0.1, 0.15) is 31.7 Å². The van der Waals surface area contributed by atoms with Crippen LogP contribution in [0.15, 0.2) is 49.1 Å². The monoisotopic (exact) mass is 318 g/mol. The topological polar surface area (TPSA) is 27.1 Å². The van der Waals surface area contributed by atoms with Gasteiger partial charge in [-0.1, -0.05) is 55.7 Å². The van der Waals surface area contributed by atoms with Gasteiger partial charge in [0.2, 0.25) is 0 Å². The molecule has 1 atom stereocenters. The lowest BCUT2D eigenvalue weighted by molar-refractivity contribution is 0.0712. The molecule has 0 saturated heterocycles. The molecule has 0 fully saturated rings. The highest BCUT2D eigenvalue weighted by atomic mass is 35.5. The Labute approximate surface area is 137 Å². The molecule has 0 spiro atoms. The fourth-order valence-corrected chi connectivity index (χ4v) is 2.28. The van der Waals surface area contributed by atoms with Gasteiger partial charge in [-0.3, -0.25) is 0 Å². The molecular weight excluding hydrogens is 296 g/mol. The predicted molar refractivity (Wildman–Crippen MR) is 92.0 cm³/mol. The van der Waals surface area contributed by atoms with E-state index in [0.717, 1.165) is 30.2 Å². The molecule has 2 rings (SSSR count). The first-order valence-corrected chi connectivity index (χ1v) is 8.17. The van der Waals surface area contributed by atoms with Gasteiger partial charge in [-0.2, -0.15) is 0 Å². The second-order valence-electron chi connectivity index (χ2n) is 5.29. The summed E-state index contributed by atoms with van der Waals surface area (Å²) in [5.74, 6) is 0. The molecule has 1 aromatic heterocycles. The van der Waals surface area contributed by atoms with Crippen molar-refractivity contribution in [2.24, 2.45) is 0 Å². The Balaban J connectivity index is 1.94. The molecule has 1 unspecified atom stereocenters. The van der Waals surface area contributed by atoms with Gasteiger partial charge in [0.25, 0.3) is 0 Å². The molecule has 0 amide bonds. The average Bonchev–Trinajstić information content (AvgIpc) is 3.03. The minimum atomic E-state index is 0.0433. The van der Waals surface area contributed by atoms with Crippen molar-refractivity contribution in [1.82, 2.24) is 9.55 Å². The molecule has 2 aromatic rings. The molecule has 118 valence electrons. The quantitative estimate of drug-likeness (QED) is 0.619. The number of hydrogen-bond donors (Lipinski definition) is 0. The number of rotatable bonds is 9. The van der Waals surface area contributed by atoms with Crippen molar-refractivity contribution in [2.75, 3.05) is 6.61 Å². The van der Waals surface area contributed by atoms with Crippen LogP contribution in [-0.2, 0) is 11.3 Å². The smallest absolute Gasteiger partial charge is 0.0946 e. The number of benzene rings is 1. The van der Waals surface area contributed by atoms with Gasteiger partial charge in [0, 0.05) is 24.0 Å². The van der Waals surface area contributed by atoms with Crippen LogP contribution in [0.2, 0.25) is 5.02 Å². The zero-order valence-electron chi connectivity index (χ0n) is 13.0. The molecule has 0 bridgehead atoms. The van der Waals surface area contributed by atoms with Gasteiger partial charge in [-0.25, -0.2) is 4.98 Å². The first-order valence-electron chi connectivity index (χ1n) is 7.79. The highest BCUT2D eigenvalue weighted by molar-refractivity contribution is 6.30. The van der Waals surface area contributed by atoms with E-state index in [9.17, 15) is 0 Å². The van der Waals surface area contributed by atoms with Gasteiger partial charge in [-0.15, -0.1) is 0 Å². The Morgan fingerprint density at radius 1 is 1.27 bits per heavy atom. The number of imidazole rings is 1. The Morgan fingerprint density at radius 3 is 2.77 bits per heavy atom. The van der Waals surface area contributed by atoms with Crippen molar-refractivity contribution in [3.63, 3.8) is 0 Å². The molecule has 3 nitrogen and oxygen atoms in total. The fourth-order valence-electron chi connectivity index (χ4n) is 2.15. The molecule has 0 N–H and O–H groups in total. The van der Waals surface area contributed by atoms with E-state index in [1.807, 2.05) is 41.4 Å². The van der Waals surface area contributed by atoms with Crippen LogP contribution in [0.25, 0.3) is 6.08 Å². The van der Waals surface area contributed by atoms with Gasteiger partial charge in [-0.05, 0) is 24.1 Å². The van der Waals surface area contributed by atoms with Gasteiger partial charge in [0.1, 0.15) is 0 Å². The summed E-state index contributed by atoms with van der Waals surface area (Å²) in [4.78, 5) is 4.08. The van der Waals surface area contributed by atoms with Crippen LogP contribution in [0.4, 0.5) is 0 Å². The summed E-state index contributed by atoms with van der Waals surface area (Å²) in [6.07, 6.45) is 13.3. The average molecular weight is 319 g/mol. The third-order valence-electron chi connectivity index (χ3n) is 3.40. The molecule has 0 saturated carbocycles. The normalized spacial score (nSPS) is 12.8. The lowest BCUT2D eigenvalue weighted by Crippen LogP contribution is -2.17. The molecule has 0 radical (unpaired) electrons. The Morgan fingerprint density at radius 2 is 2.09 bits per heavy atom. The van der Waals surface area contributed by atoms with Gasteiger partial charge < -0.3 is 9.30 Å². The van der Waals surface area contributed by atoms with E-state index in [-0.39, 0.29) is 6.10 Å². The zero-order valence-corrected chi connectivity index (χ0v) is 13.7. The lowest BCUT2D eigenvalue weighted by Gasteiger charge is -2.15. The highest BCUT2D eigenvalue weighted by Gasteiger charge is 2.06. The number of hydrogen-bond acceptors (Lipinski definition) is 2. The summed E-state index contributed by atoms with van der Waals surface area (Å²) in [5.41, 5.74) is 1.12. The molecule has 1 heterocycles. The SMILES string of the molecule is CCCCCOC(C=Cc1ccc(Cl)cc1)Cn1ccnc1. The lowest BCUT2D eigenvalue weighted by atomic mass is 10.2. The molecule has 4 heteroatoms. The molecule has 0 aliphatic heterocycles. The maximum absolute atomic E-state index is 6.00. The second kappa shape index (κ2) is 9.44.